The van der Waals surface area contributed by atoms with Gasteiger partial charge in [-0.2, -0.15) is 9.49 Å². The highest BCUT2D eigenvalue weighted by Crippen LogP contribution is 2.29. The molecular formula is C10H10FN5O2. The Kier molecular flexibility index (Phi) is 3.18. The van der Waals surface area contributed by atoms with Crippen molar-refractivity contribution in [2.24, 2.45) is 0 Å². The first-order chi connectivity index (χ1) is 8.59. The molecule has 1 aromatic heterocycles. The Morgan fingerprint density at radius 3 is 2.94 bits per heavy atom. The van der Waals surface area contributed by atoms with Crippen LogP contribution in [0.3, 0.4) is 0 Å². The van der Waals surface area contributed by atoms with Crippen LogP contribution >= 0.6 is 0 Å². The molecule has 0 radical (unpaired) electrons. The van der Waals surface area contributed by atoms with E-state index >= 15 is 0 Å². The number of benzene rings is 1. The Balaban J connectivity index is 2.29. The highest BCUT2D eigenvalue weighted by Gasteiger charge is 2.21. The molecule has 2 N–H and O–H groups in total. The molecule has 7 nitrogen and oxygen atoms in total. The number of hydrogen-bond donors (Lipinski definition) is 2. The summed E-state index contributed by atoms with van der Waals surface area (Å²) in [5, 5.41) is 19.9. The number of aromatic amines is 1. The van der Waals surface area contributed by atoms with Gasteiger partial charge >= 0.3 is 5.69 Å². The topological polar surface area (TPSA) is 96.7 Å². The molecule has 1 atom stereocenters. The van der Waals surface area contributed by atoms with Gasteiger partial charge in [0.1, 0.15) is 17.8 Å². The summed E-state index contributed by atoms with van der Waals surface area (Å²) in [5.74, 6) is -0.372. The number of anilines is 1. The molecule has 1 heterocycles. The van der Waals surface area contributed by atoms with Crippen LogP contribution in [-0.2, 0) is 0 Å². The molecule has 0 aliphatic heterocycles. The minimum atomic E-state index is -0.880. The molecule has 0 aliphatic rings. The van der Waals surface area contributed by atoms with E-state index < -0.39 is 16.4 Å². The first-order valence-corrected chi connectivity index (χ1v) is 5.14. The van der Waals surface area contributed by atoms with Crippen molar-refractivity contribution in [3.8, 4) is 0 Å². The van der Waals surface area contributed by atoms with Gasteiger partial charge in [0.2, 0.25) is 5.82 Å². The maximum Gasteiger partial charge on any atom is 0.327 e. The molecular weight excluding hydrogens is 241 g/mol. The number of halogens is 1. The largest absolute Gasteiger partial charge is 0.370 e. The van der Waals surface area contributed by atoms with Crippen molar-refractivity contribution in [3.05, 3.63) is 46.3 Å². The minimum absolute atomic E-state index is 0.101. The van der Waals surface area contributed by atoms with Crippen molar-refractivity contribution in [1.82, 2.24) is 15.2 Å². The SMILES string of the molecule is CC(Nc1cccc(F)c1[N+](=O)[O-])c1ncn[nH]1. The number of nitro groups is 1. The Labute approximate surface area is 101 Å². The molecule has 0 aliphatic carbocycles. The number of rotatable bonds is 4. The summed E-state index contributed by atoms with van der Waals surface area (Å²) in [6.07, 6.45) is 1.33. The highest BCUT2D eigenvalue weighted by atomic mass is 19.1. The van der Waals surface area contributed by atoms with Crippen molar-refractivity contribution in [2.45, 2.75) is 13.0 Å². The van der Waals surface area contributed by atoms with Crippen LogP contribution in [0.5, 0.6) is 0 Å². The first kappa shape index (κ1) is 12.0. The van der Waals surface area contributed by atoms with Crippen LogP contribution in [0.4, 0.5) is 15.8 Å². The fourth-order valence-electron chi connectivity index (χ4n) is 1.54. The lowest BCUT2D eigenvalue weighted by molar-refractivity contribution is -0.386. The average molecular weight is 251 g/mol. The second kappa shape index (κ2) is 4.78. The number of H-pyrrole nitrogens is 1. The van der Waals surface area contributed by atoms with Crippen molar-refractivity contribution < 1.29 is 9.31 Å². The third-order valence-corrected chi connectivity index (χ3v) is 2.39. The van der Waals surface area contributed by atoms with Crippen molar-refractivity contribution in [2.75, 3.05) is 5.32 Å². The van der Waals surface area contributed by atoms with Gasteiger partial charge < -0.3 is 5.32 Å². The number of aromatic nitrogens is 3. The molecule has 0 saturated heterocycles. The van der Waals surface area contributed by atoms with E-state index in [-0.39, 0.29) is 11.7 Å². The van der Waals surface area contributed by atoms with Gasteiger partial charge in [0.05, 0.1) is 11.0 Å². The molecule has 0 fully saturated rings. The van der Waals surface area contributed by atoms with Crippen LogP contribution in [0.1, 0.15) is 18.8 Å². The molecule has 1 aromatic carbocycles. The number of nitrogens with one attached hydrogen (secondary N) is 2. The predicted molar refractivity (Wildman–Crippen MR) is 61.5 cm³/mol. The highest BCUT2D eigenvalue weighted by molar-refractivity contribution is 5.62. The summed E-state index contributed by atoms with van der Waals surface area (Å²) in [6.45, 7) is 1.73. The Hall–Kier alpha value is -2.51. The zero-order valence-corrected chi connectivity index (χ0v) is 9.42. The van der Waals surface area contributed by atoms with Gasteiger partial charge in [-0.15, -0.1) is 0 Å². The molecule has 18 heavy (non-hydrogen) atoms. The van der Waals surface area contributed by atoms with E-state index in [0.29, 0.717) is 5.82 Å². The van der Waals surface area contributed by atoms with Crippen molar-refractivity contribution in [3.63, 3.8) is 0 Å². The number of para-hydroxylation sites is 1. The first-order valence-electron chi connectivity index (χ1n) is 5.14. The molecule has 2 rings (SSSR count). The number of hydrogen-bond acceptors (Lipinski definition) is 5. The van der Waals surface area contributed by atoms with Gasteiger partial charge in [-0.1, -0.05) is 6.07 Å². The summed E-state index contributed by atoms with van der Waals surface area (Å²) >= 11 is 0. The van der Waals surface area contributed by atoms with Crippen molar-refractivity contribution >= 4 is 11.4 Å². The monoisotopic (exact) mass is 251 g/mol. The van der Waals surface area contributed by atoms with Gasteiger partial charge in [-0.25, -0.2) is 4.98 Å². The smallest absolute Gasteiger partial charge is 0.327 e. The standard InChI is InChI=1S/C10H10FN5O2/c1-6(10-12-5-13-15-10)14-8-4-2-3-7(11)9(8)16(17)18/h2-6,14H,1H3,(H,12,13,15). The summed E-state index contributed by atoms with van der Waals surface area (Å²) in [7, 11) is 0. The Bertz CT molecular complexity index is 557. The maximum absolute atomic E-state index is 13.4. The van der Waals surface area contributed by atoms with E-state index in [4.69, 9.17) is 0 Å². The lowest BCUT2D eigenvalue weighted by atomic mass is 10.2. The molecule has 0 bridgehead atoms. The van der Waals surface area contributed by atoms with Crippen LogP contribution in [0.25, 0.3) is 0 Å². The average Bonchev–Trinajstić information content (AvgIpc) is 2.81. The summed E-state index contributed by atoms with van der Waals surface area (Å²) in [6, 6.07) is 3.53. The fourth-order valence-corrected chi connectivity index (χ4v) is 1.54. The Morgan fingerprint density at radius 1 is 1.56 bits per heavy atom. The van der Waals surface area contributed by atoms with Gasteiger partial charge in [0, 0.05) is 0 Å². The van der Waals surface area contributed by atoms with Crippen LogP contribution in [0.15, 0.2) is 24.5 Å². The second-order valence-electron chi connectivity index (χ2n) is 3.63. The quantitative estimate of drug-likeness (QED) is 0.640. The zero-order chi connectivity index (χ0) is 13.1. The number of nitrogens with zero attached hydrogens (tertiary/aromatic N) is 3. The molecule has 0 amide bonds. The van der Waals surface area contributed by atoms with Crippen LogP contribution < -0.4 is 5.32 Å². The molecule has 1 unspecified atom stereocenters. The van der Waals surface area contributed by atoms with Gasteiger partial charge in [-0.05, 0) is 19.1 Å². The van der Waals surface area contributed by atoms with E-state index in [1.165, 1.54) is 18.5 Å². The number of nitro benzene ring substituents is 1. The summed E-state index contributed by atoms with van der Waals surface area (Å²) in [4.78, 5) is 14.0. The molecule has 94 valence electrons. The molecule has 8 heteroatoms. The van der Waals surface area contributed by atoms with E-state index in [0.717, 1.165) is 6.07 Å². The lowest BCUT2D eigenvalue weighted by Crippen LogP contribution is -2.10. The van der Waals surface area contributed by atoms with E-state index in [2.05, 4.69) is 20.5 Å². The Morgan fingerprint density at radius 2 is 2.33 bits per heavy atom. The van der Waals surface area contributed by atoms with E-state index in [1.54, 1.807) is 6.92 Å². The van der Waals surface area contributed by atoms with E-state index in [1.807, 2.05) is 0 Å². The summed E-state index contributed by atoms with van der Waals surface area (Å²) in [5.41, 5.74) is -0.479. The van der Waals surface area contributed by atoms with Crippen LogP contribution in [0.2, 0.25) is 0 Å². The fraction of sp³-hybridized carbons (Fsp3) is 0.200. The molecule has 0 saturated carbocycles. The molecule has 2 aromatic rings. The van der Waals surface area contributed by atoms with Crippen molar-refractivity contribution in [1.29, 1.82) is 0 Å². The third-order valence-electron chi connectivity index (χ3n) is 2.39. The molecule has 0 spiro atoms. The van der Waals surface area contributed by atoms with Crippen LogP contribution in [-0.4, -0.2) is 20.1 Å². The second-order valence-corrected chi connectivity index (χ2v) is 3.63. The predicted octanol–water partition coefficient (Wildman–Crippen LogP) is 2.03. The van der Waals surface area contributed by atoms with Gasteiger partial charge in [-0.3, -0.25) is 15.2 Å². The summed E-state index contributed by atoms with van der Waals surface area (Å²) < 4.78 is 13.4. The maximum atomic E-state index is 13.4. The van der Waals surface area contributed by atoms with Gasteiger partial charge in [0.15, 0.2) is 0 Å². The van der Waals surface area contributed by atoms with E-state index in [9.17, 15) is 14.5 Å². The zero-order valence-electron chi connectivity index (χ0n) is 9.42. The minimum Gasteiger partial charge on any atom is -0.370 e. The van der Waals surface area contributed by atoms with Crippen LogP contribution in [0, 0.1) is 15.9 Å². The normalized spacial score (nSPS) is 12.1. The van der Waals surface area contributed by atoms with Gasteiger partial charge in [0.25, 0.3) is 0 Å². The third kappa shape index (κ3) is 2.26. The lowest BCUT2D eigenvalue weighted by Gasteiger charge is -2.12.